The number of amides is 1. The Morgan fingerprint density at radius 1 is 1.29 bits per heavy atom. The predicted octanol–water partition coefficient (Wildman–Crippen LogP) is 3.39. The van der Waals surface area contributed by atoms with Crippen molar-refractivity contribution in [2.75, 3.05) is 11.1 Å². The molecule has 0 spiro atoms. The molecule has 108 valence electrons. The Morgan fingerprint density at radius 2 is 2.00 bits per heavy atom. The van der Waals surface area contributed by atoms with E-state index in [4.69, 9.17) is 17.3 Å². The summed E-state index contributed by atoms with van der Waals surface area (Å²) in [5.74, 6) is -0.441. The van der Waals surface area contributed by atoms with Crippen molar-refractivity contribution in [2.24, 2.45) is 0 Å². The first-order valence-corrected chi connectivity index (χ1v) is 6.37. The number of anilines is 2. The number of carbonyl (C=O) groups excluding carboxylic acids is 1. The van der Waals surface area contributed by atoms with Crippen LogP contribution in [-0.4, -0.2) is 10.8 Å². The van der Waals surface area contributed by atoms with E-state index in [0.717, 1.165) is 5.56 Å². The van der Waals surface area contributed by atoms with Crippen LogP contribution in [0.1, 0.15) is 15.9 Å². The van der Waals surface area contributed by atoms with Crippen LogP contribution in [0.4, 0.5) is 17.1 Å². The zero-order valence-electron chi connectivity index (χ0n) is 11.1. The smallest absolute Gasteiger partial charge is 0.289 e. The molecule has 0 bridgehead atoms. The lowest BCUT2D eigenvalue weighted by molar-refractivity contribution is -0.384. The number of carbonyl (C=O) groups is 1. The molecule has 0 aromatic heterocycles. The van der Waals surface area contributed by atoms with Crippen LogP contribution in [0.2, 0.25) is 5.02 Å². The van der Waals surface area contributed by atoms with E-state index in [1.165, 1.54) is 18.2 Å². The van der Waals surface area contributed by atoms with E-state index < -0.39 is 10.8 Å². The number of hydrogen-bond donors (Lipinski definition) is 2. The van der Waals surface area contributed by atoms with Crippen LogP contribution in [0.15, 0.2) is 36.4 Å². The predicted molar refractivity (Wildman–Crippen MR) is 81.7 cm³/mol. The van der Waals surface area contributed by atoms with Gasteiger partial charge in [-0.15, -0.1) is 0 Å². The van der Waals surface area contributed by atoms with Gasteiger partial charge in [-0.2, -0.15) is 0 Å². The largest absolute Gasteiger partial charge is 0.398 e. The van der Waals surface area contributed by atoms with Gasteiger partial charge in [0, 0.05) is 17.4 Å². The summed E-state index contributed by atoms with van der Waals surface area (Å²) in [6.45, 7) is 1.86. The van der Waals surface area contributed by atoms with Crippen molar-refractivity contribution in [2.45, 2.75) is 6.92 Å². The minimum atomic E-state index is -0.613. The van der Waals surface area contributed by atoms with E-state index in [1.807, 2.05) is 6.92 Å². The van der Waals surface area contributed by atoms with Crippen molar-refractivity contribution in [3.05, 3.63) is 62.7 Å². The molecule has 2 aromatic carbocycles. The number of rotatable bonds is 3. The minimum Gasteiger partial charge on any atom is -0.398 e. The van der Waals surface area contributed by atoms with Crippen LogP contribution in [0.25, 0.3) is 0 Å². The Balaban J connectivity index is 2.27. The monoisotopic (exact) mass is 305 g/mol. The number of benzene rings is 2. The van der Waals surface area contributed by atoms with E-state index in [0.29, 0.717) is 11.3 Å². The van der Waals surface area contributed by atoms with Gasteiger partial charge in [0.1, 0.15) is 5.02 Å². The van der Waals surface area contributed by atoms with Gasteiger partial charge in [0.05, 0.1) is 10.5 Å². The van der Waals surface area contributed by atoms with Gasteiger partial charge in [0.15, 0.2) is 0 Å². The summed E-state index contributed by atoms with van der Waals surface area (Å²) in [7, 11) is 0. The third-order valence-electron chi connectivity index (χ3n) is 2.85. The standard InChI is InChI=1S/C14H12ClN3O3/c1-8-2-4-10(12(16)6-8)14(19)17-9-3-5-11(15)13(7-9)18(20)21/h2-7H,16H2,1H3,(H,17,19). The second kappa shape index (κ2) is 5.80. The maximum Gasteiger partial charge on any atom is 0.289 e. The third-order valence-corrected chi connectivity index (χ3v) is 3.17. The fourth-order valence-electron chi connectivity index (χ4n) is 1.82. The molecule has 3 N–H and O–H groups in total. The first kappa shape index (κ1) is 14.8. The zero-order chi connectivity index (χ0) is 15.6. The fraction of sp³-hybridized carbons (Fsp3) is 0.0714. The molecule has 21 heavy (non-hydrogen) atoms. The van der Waals surface area contributed by atoms with Crippen LogP contribution < -0.4 is 11.1 Å². The Kier molecular flexibility index (Phi) is 4.09. The first-order valence-electron chi connectivity index (χ1n) is 6.00. The topological polar surface area (TPSA) is 98.3 Å². The van der Waals surface area contributed by atoms with Crippen LogP contribution >= 0.6 is 11.6 Å². The summed E-state index contributed by atoms with van der Waals surface area (Å²) in [5, 5.41) is 13.4. The molecule has 0 unspecified atom stereocenters. The van der Waals surface area contributed by atoms with Crippen LogP contribution in [0.5, 0.6) is 0 Å². The van der Waals surface area contributed by atoms with Crippen molar-refractivity contribution < 1.29 is 9.72 Å². The number of aryl methyl sites for hydroxylation is 1. The minimum absolute atomic E-state index is 0.00727. The number of nitrogens with zero attached hydrogens (tertiary/aromatic N) is 1. The van der Waals surface area contributed by atoms with Crippen molar-refractivity contribution in [1.82, 2.24) is 0 Å². The SMILES string of the molecule is Cc1ccc(C(=O)Nc2ccc(Cl)c([N+](=O)[O-])c2)c(N)c1. The summed E-state index contributed by atoms with van der Waals surface area (Å²) < 4.78 is 0. The molecule has 6 nitrogen and oxygen atoms in total. The second-order valence-corrected chi connectivity index (χ2v) is 4.88. The summed E-state index contributed by atoms with van der Waals surface area (Å²) in [4.78, 5) is 22.3. The molecule has 0 aliphatic heterocycles. The first-order chi connectivity index (χ1) is 9.88. The number of nitro groups is 1. The molecule has 0 heterocycles. The van der Waals surface area contributed by atoms with Crippen molar-refractivity contribution >= 4 is 34.6 Å². The molecular weight excluding hydrogens is 294 g/mol. The van der Waals surface area contributed by atoms with E-state index in [1.54, 1.807) is 18.2 Å². The molecule has 2 aromatic rings. The van der Waals surface area contributed by atoms with Crippen LogP contribution in [0, 0.1) is 17.0 Å². The van der Waals surface area contributed by atoms with Gasteiger partial charge < -0.3 is 11.1 Å². The molecule has 0 atom stereocenters. The lowest BCUT2D eigenvalue weighted by Crippen LogP contribution is -2.14. The van der Waals surface area contributed by atoms with Crippen molar-refractivity contribution in [3.8, 4) is 0 Å². The highest BCUT2D eigenvalue weighted by molar-refractivity contribution is 6.32. The van der Waals surface area contributed by atoms with Gasteiger partial charge in [0.25, 0.3) is 11.6 Å². The van der Waals surface area contributed by atoms with Gasteiger partial charge in [-0.1, -0.05) is 17.7 Å². The number of nitro benzene ring substituents is 1. The number of hydrogen-bond acceptors (Lipinski definition) is 4. The molecule has 7 heteroatoms. The third kappa shape index (κ3) is 3.29. The van der Waals surface area contributed by atoms with E-state index >= 15 is 0 Å². The molecule has 0 aliphatic rings. The van der Waals surface area contributed by atoms with Crippen molar-refractivity contribution in [1.29, 1.82) is 0 Å². The van der Waals surface area contributed by atoms with Gasteiger partial charge in [0.2, 0.25) is 0 Å². The number of halogens is 1. The average molecular weight is 306 g/mol. The number of nitrogens with one attached hydrogen (secondary N) is 1. The zero-order valence-corrected chi connectivity index (χ0v) is 11.8. The van der Waals surface area contributed by atoms with Gasteiger partial charge in [-0.25, -0.2) is 0 Å². The highest BCUT2D eigenvalue weighted by Crippen LogP contribution is 2.27. The molecule has 0 radical (unpaired) electrons. The lowest BCUT2D eigenvalue weighted by atomic mass is 10.1. The van der Waals surface area contributed by atoms with Gasteiger partial charge in [-0.05, 0) is 36.8 Å². The molecule has 0 saturated carbocycles. The maximum absolute atomic E-state index is 12.1. The van der Waals surface area contributed by atoms with Crippen LogP contribution in [0.3, 0.4) is 0 Å². The molecule has 0 fully saturated rings. The summed E-state index contributed by atoms with van der Waals surface area (Å²) in [6, 6.07) is 9.08. The van der Waals surface area contributed by atoms with E-state index in [-0.39, 0.29) is 16.4 Å². The number of nitrogen functional groups attached to an aromatic ring is 1. The Morgan fingerprint density at radius 3 is 2.62 bits per heavy atom. The van der Waals surface area contributed by atoms with E-state index in [9.17, 15) is 14.9 Å². The summed E-state index contributed by atoms with van der Waals surface area (Å²) in [6.07, 6.45) is 0. The Hall–Kier alpha value is -2.60. The Bertz CT molecular complexity index is 731. The van der Waals surface area contributed by atoms with E-state index in [2.05, 4.69) is 5.32 Å². The summed E-state index contributed by atoms with van der Waals surface area (Å²) >= 11 is 5.71. The normalized spacial score (nSPS) is 10.2. The highest BCUT2D eigenvalue weighted by atomic mass is 35.5. The average Bonchev–Trinajstić information content (AvgIpc) is 2.40. The van der Waals surface area contributed by atoms with Gasteiger partial charge >= 0.3 is 0 Å². The fourth-order valence-corrected chi connectivity index (χ4v) is 2.00. The second-order valence-electron chi connectivity index (χ2n) is 4.47. The summed E-state index contributed by atoms with van der Waals surface area (Å²) in [5.41, 5.74) is 7.37. The molecule has 1 amide bonds. The molecule has 0 aliphatic carbocycles. The molecular formula is C14H12ClN3O3. The van der Waals surface area contributed by atoms with Crippen molar-refractivity contribution in [3.63, 3.8) is 0 Å². The molecule has 0 saturated heterocycles. The Labute approximate surface area is 125 Å². The highest BCUT2D eigenvalue weighted by Gasteiger charge is 2.15. The number of nitrogens with two attached hydrogens (primary N) is 1. The quantitative estimate of drug-likeness (QED) is 0.516. The maximum atomic E-state index is 12.1. The molecule has 2 rings (SSSR count). The lowest BCUT2D eigenvalue weighted by Gasteiger charge is -2.08. The van der Waals surface area contributed by atoms with Crippen LogP contribution in [-0.2, 0) is 0 Å². The van der Waals surface area contributed by atoms with Gasteiger partial charge in [-0.3, -0.25) is 14.9 Å².